The SMILES string of the molecule is COc1cc(I)c(C(=O)N2CCC(CN)C2)cc1OC.Cl. The van der Waals surface area contributed by atoms with Crippen LogP contribution in [0, 0.1) is 9.49 Å². The van der Waals surface area contributed by atoms with Crippen LogP contribution in [0.25, 0.3) is 0 Å². The molecule has 1 heterocycles. The third-order valence-electron chi connectivity index (χ3n) is 3.61. The smallest absolute Gasteiger partial charge is 0.255 e. The molecular formula is C14H20ClIN2O3. The van der Waals surface area contributed by atoms with Crippen molar-refractivity contribution in [3.8, 4) is 11.5 Å². The number of hydrogen-bond acceptors (Lipinski definition) is 4. The molecule has 1 aromatic rings. The highest BCUT2D eigenvalue weighted by atomic mass is 127. The number of likely N-dealkylation sites (tertiary alicyclic amines) is 1. The van der Waals surface area contributed by atoms with Gasteiger partial charge in [0.15, 0.2) is 11.5 Å². The van der Waals surface area contributed by atoms with E-state index >= 15 is 0 Å². The molecule has 0 bridgehead atoms. The van der Waals surface area contributed by atoms with E-state index in [1.165, 1.54) is 0 Å². The maximum absolute atomic E-state index is 12.6. The predicted octanol–water partition coefficient (Wildman–Crippen LogP) is 2.15. The normalized spacial score (nSPS) is 17.3. The molecule has 1 amide bonds. The molecule has 0 saturated carbocycles. The third-order valence-corrected chi connectivity index (χ3v) is 4.50. The van der Waals surface area contributed by atoms with Gasteiger partial charge in [0.1, 0.15) is 0 Å². The van der Waals surface area contributed by atoms with E-state index in [4.69, 9.17) is 15.2 Å². The fraction of sp³-hybridized carbons (Fsp3) is 0.500. The van der Waals surface area contributed by atoms with Gasteiger partial charge in [-0.2, -0.15) is 0 Å². The number of rotatable bonds is 4. The molecule has 1 saturated heterocycles. The van der Waals surface area contributed by atoms with E-state index in [0.29, 0.717) is 29.5 Å². The second-order valence-electron chi connectivity index (χ2n) is 4.83. The van der Waals surface area contributed by atoms with Gasteiger partial charge in [-0.05, 0) is 53.6 Å². The van der Waals surface area contributed by atoms with Crippen molar-refractivity contribution in [1.29, 1.82) is 0 Å². The summed E-state index contributed by atoms with van der Waals surface area (Å²) in [6, 6.07) is 3.57. The molecule has 5 nitrogen and oxygen atoms in total. The number of halogens is 2. The van der Waals surface area contributed by atoms with Gasteiger partial charge in [0.25, 0.3) is 5.91 Å². The van der Waals surface area contributed by atoms with Crippen LogP contribution >= 0.6 is 35.0 Å². The Bertz CT molecular complexity index is 513. The maximum Gasteiger partial charge on any atom is 0.255 e. The molecule has 0 radical (unpaired) electrons. The zero-order valence-corrected chi connectivity index (χ0v) is 15.1. The fourth-order valence-electron chi connectivity index (χ4n) is 2.40. The largest absolute Gasteiger partial charge is 0.493 e. The van der Waals surface area contributed by atoms with Crippen molar-refractivity contribution in [3.05, 3.63) is 21.3 Å². The average Bonchev–Trinajstić information content (AvgIpc) is 2.95. The van der Waals surface area contributed by atoms with Gasteiger partial charge in [-0.3, -0.25) is 4.79 Å². The van der Waals surface area contributed by atoms with Gasteiger partial charge in [0.05, 0.1) is 19.8 Å². The van der Waals surface area contributed by atoms with Crippen LogP contribution in [0.3, 0.4) is 0 Å². The summed E-state index contributed by atoms with van der Waals surface area (Å²) in [5, 5.41) is 0. The predicted molar refractivity (Wildman–Crippen MR) is 92.6 cm³/mol. The Kier molecular flexibility index (Phi) is 7.02. The summed E-state index contributed by atoms with van der Waals surface area (Å²) in [6.07, 6.45) is 0.978. The summed E-state index contributed by atoms with van der Waals surface area (Å²) >= 11 is 2.15. The summed E-state index contributed by atoms with van der Waals surface area (Å²) in [4.78, 5) is 14.4. The van der Waals surface area contributed by atoms with E-state index in [1.54, 1.807) is 20.3 Å². The Morgan fingerprint density at radius 3 is 2.52 bits per heavy atom. The first-order valence-corrected chi connectivity index (χ1v) is 7.59. The lowest BCUT2D eigenvalue weighted by Gasteiger charge is -2.18. The summed E-state index contributed by atoms with van der Waals surface area (Å²) in [6.45, 7) is 2.14. The molecule has 2 rings (SSSR count). The van der Waals surface area contributed by atoms with Crippen LogP contribution in [0.1, 0.15) is 16.8 Å². The van der Waals surface area contributed by atoms with Gasteiger partial charge in [-0.1, -0.05) is 0 Å². The second-order valence-corrected chi connectivity index (χ2v) is 5.99. The molecular weight excluding hydrogens is 407 g/mol. The lowest BCUT2D eigenvalue weighted by atomic mass is 10.1. The van der Waals surface area contributed by atoms with Crippen molar-refractivity contribution in [3.63, 3.8) is 0 Å². The molecule has 0 aliphatic carbocycles. The average molecular weight is 427 g/mol. The number of nitrogens with zero attached hydrogens (tertiary/aromatic N) is 1. The van der Waals surface area contributed by atoms with Crippen molar-refractivity contribution in [1.82, 2.24) is 4.90 Å². The second kappa shape index (κ2) is 8.05. The molecule has 1 fully saturated rings. The van der Waals surface area contributed by atoms with E-state index in [-0.39, 0.29) is 18.3 Å². The lowest BCUT2D eigenvalue weighted by Crippen LogP contribution is -2.30. The Balaban J connectivity index is 0.00000220. The lowest BCUT2D eigenvalue weighted by molar-refractivity contribution is 0.0786. The van der Waals surface area contributed by atoms with Gasteiger partial charge in [-0.25, -0.2) is 0 Å². The number of methoxy groups -OCH3 is 2. The number of carbonyl (C=O) groups excluding carboxylic acids is 1. The third kappa shape index (κ3) is 3.92. The van der Waals surface area contributed by atoms with Gasteiger partial charge >= 0.3 is 0 Å². The van der Waals surface area contributed by atoms with Crippen LogP contribution in [0.15, 0.2) is 12.1 Å². The van der Waals surface area contributed by atoms with E-state index in [2.05, 4.69) is 22.6 Å². The Labute approximate surface area is 144 Å². The topological polar surface area (TPSA) is 64.8 Å². The number of nitrogens with two attached hydrogens (primary N) is 1. The quantitative estimate of drug-likeness (QED) is 0.750. The molecule has 1 aliphatic rings. The van der Waals surface area contributed by atoms with Crippen molar-refractivity contribution >= 4 is 40.9 Å². The van der Waals surface area contributed by atoms with Crippen molar-refractivity contribution < 1.29 is 14.3 Å². The van der Waals surface area contributed by atoms with Gasteiger partial charge < -0.3 is 20.1 Å². The fourth-order valence-corrected chi connectivity index (χ4v) is 3.07. The highest BCUT2D eigenvalue weighted by Crippen LogP contribution is 2.32. The number of hydrogen-bond donors (Lipinski definition) is 1. The number of amides is 1. The van der Waals surface area contributed by atoms with Crippen molar-refractivity contribution in [2.75, 3.05) is 33.9 Å². The molecule has 0 aromatic heterocycles. The van der Waals surface area contributed by atoms with E-state index in [0.717, 1.165) is 23.1 Å². The summed E-state index contributed by atoms with van der Waals surface area (Å²) in [7, 11) is 3.15. The number of carbonyl (C=O) groups is 1. The number of ether oxygens (including phenoxy) is 2. The van der Waals surface area contributed by atoms with Crippen LogP contribution in [-0.4, -0.2) is 44.7 Å². The van der Waals surface area contributed by atoms with Crippen molar-refractivity contribution in [2.24, 2.45) is 11.7 Å². The Morgan fingerprint density at radius 1 is 1.38 bits per heavy atom. The molecule has 1 unspecified atom stereocenters. The van der Waals surface area contributed by atoms with Crippen LogP contribution in [-0.2, 0) is 0 Å². The van der Waals surface area contributed by atoms with Crippen LogP contribution in [0.2, 0.25) is 0 Å². The zero-order valence-electron chi connectivity index (χ0n) is 12.1. The number of benzene rings is 1. The minimum Gasteiger partial charge on any atom is -0.493 e. The highest BCUT2D eigenvalue weighted by Gasteiger charge is 2.27. The summed E-state index contributed by atoms with van der Waals surface area (Å²) in [5.41, 5.74) is 6.33. The van der Waals surface area contributed by atoms with E-state index in [9.17, 15) is 4.79 Å². The Morgan fingerprint density at radius 2 is 2.00 bits per heavy atom. The molecule has 1 aliphatic heterocycles. The van der Waals surface area contributed by atoms with Crippen LogP contribution in [0.4, 0.5) is 0 Å². The van der Waals surface area contributed by atoms with Gasteiger partial charge in [0, 0.05) is 16.7 Å². The van der Waals surface area contributed by atoms with Crippen LogP contribution < -0.4 is 15.2 Å². The molecule has 21 heavy (non-hydrogen) atoms. The summed E-state index contributed by atoms with van der Waals surface area (Å²) < 4.78 is 11.4. The standard InChI is InChI=1S/C14H19IN2O3.ClH/c1-19-12-5-10(11(15)6-13(12)20-2)14(18)17-4-3-9(7-16)8-17;/h5-6,9H,3-4,7-8,16H2,1-2H3;1H. The monoisotopic (exact) mass is 426 g/mol. The van der Waals surface area contributed by atoms with Crippen LogP contribution in [0.5, 0.6) is 11.5 Å². The van der Waals surface area contributed by atoms with E-state index < -0.39 is 0 Å². The zero-order chi connectivity index (χ0) is 14.7. The molecule has 2 N–H and O–H groups in total. The highest BCUT2D eigenvalue weighted by molar-refractivity contribution is 14.1. The van der Waals surface area contributed by atoms with Gasteiger partial charge in [-0.15, -0.1) is 12.4 Å². The molecule has 118 valence electrons. The molecule has 1 atom stereocenters. The minimum absolute atomic E-state index is 0. The Hall–Kier alpha value is -0.730. The first-order chi connectivity index (χ1) is 9.60. The minimum atomic E-state index is 0. The first-order valence-electron chi connectivity index (χ1n) is 6.51. The molecule has 7 heteroatoms. The summed E-state index contributed by atoms with van der Waals surface area (Å²) in [5.74, 6) is 1.66. The molecule has 1 aromatic carbocycles. The van der Waals surface area contributed by atoms with Gasteiger partial charge in [0.2, 0.25) is 0 Å². The first kappa shape index (κ1) is 18.3. The maximum atomic E-state index is 12.6. The van der Waals surface area contributed by atoms with E-state index in [1.807, 2.05) is 11.0 Å². The van der Waals surface area contributed by atoms with Crippen molar-refractivity contribution in [2.45, 2.75) is 6.42 Å². The molecule has 0 spiro atoms.